The number of carbonyl (C=O) groups excluding carboxylic acids is 1. The maximum absolute atomic E-state index is 12.3. The Kier molecular flexibility index (Phi) is 4.40. The summed E-state index contributed by atoms with van der Waals surface area (Å²) >= 11 is 1.96. The standard InChI is InChI=1S/C15H22N2OS/c1-11-5-6-12(13(9-11)16-3)14(18)17-10-15(2)7-4-8-19-15/h5-6,9,16H,4,7-8,10H2,1-3H3,(H,17,18). The number of thioether (sulfide) groups is 1. The number of amides is 1. The van der Waals surface area contributed by atoms with Crippen molar-refractivity contribution < 1.29 is 4.79 Å². The van der Waals surface area contributed by atoms with Crippen molar-refractivity contribution in [2.75, 3.05) is 24.7 Å². The third-order valence-electron chi connectivity index (χ3n) is 3.61. The van der Waals surface area contributed by atoms with E-state index in [-0.39, 0.29) is 10.7 Å². The Labute approximate surface area is 119 Å². The normalized spacial score (nSPS) is 22.3. The Morgan fingerprint density at radius 3 is 2.89 bits per heavy atom. The maximum Gasteiger partial charge on any atom is 0.253 e. The summed E-state index contributed by atoms with van der Waals surface area (Å²) in [7, 11) is 1.85. The summed E-state index contributed by atoms with van der Waals surface area (Å²) in [6.45, 7) is 5.01. The number of nitrogens with one attached hydrogen (secondary N) is 2. The van der Waals surface area contributed by atoms with E-state index in [1.165, 1.54) is 18.6 Å². The number of benzene rings is 1. The first-order valence-electron chi connectivity index (χ1n) is 6.75. The maximum atomic E-state index is 12.3. The number of carbonyl (C=O) groups is 1. The van der Waals surface area contributed by atoms with Crippen molar-refractivity contribution in [3.05, 3.63) is 29.3 Å². The minimum atomic E-state index is 0.0121. The van der Waals surface area contributed by atoms with Crippen LogP contribution in [-0.4, -0.2) is 30.0 Å². The number of hydrogen-bond donors (Lipinski definition) is 2. The molecule has 2 rings (SSSR count). The van der Waals surface area contributed by atoms with Gasteiger partial charge in [-0.05, 0) is 50.1 Å². The van der Waals surface area contributed by atoms with E-state index in [4.69, 9.17) is 0 Å². The summed E-state index contributed by atoms with van der Waals surface area (Å²) in [5, 5.41) is 6.16. The van der Waals surface area contributed by atoms with Crippen molar-refractivity contribution in [1.82, 2.24) is 5.32 Å². The molecular formula is C15H22N2OS. The minimum Gasteiger partial charge on any atom is -0.387 e. The molecule has 104 valence electrons. The van der Waals surface area contributed by atoms with Crippen LogP contribution in [-0.2, 0) is 0 Å². The molecule has 0 spiro atoms. The number of hydrogen-bond acceptors (Lipinski definition) is 3. The van der Waals surface area contributed by atoms with Gasteiger partial charge in [0.25, 0.3) is 5.91 Å². The molecule has 1 saturated heterocycles. The quantitative estimate of drug-likeness (QED) is 0.889. The number of rotatable bonds is 4. The van der Waals surface area contributed by atoms with Gasteiger partial charge in [-0.1, -0.05) is 6.07 Å². The first-order valence-corrected chi connectivity index (χ1v) is 7.73. The summed E-state index contributed by atoms with van der Waals surface area (Å²) in [5.74, 6) is 1.22. The van der Waals surface area contributed by atoms with Gasteiger partial charge in [0.2, 0.25) is 0 Å². The summed E-state index contributed by atoms with van der Waals surface area (Å²) in [6.07, 6.45) is 2.44. The zero-order valence-corrected chi connectivity index (χ0v) is 12.7. The van der Waals surface area contributed by atoms with Crippen molar-refractivity contribution >= 4 is 23.4 Å². The lowest BCUT2D eigenvalue weighted by molar-refractivity contribution is 0.0951. The molecule has 0 radical (unpaired) electrons. The summed E-state index contributed by atoms with van der Waals surface area (Å²) < 4.78 is 0.208. The molecule has 1 aliphatic heterocycles. The molecule has 1 aromatic carbocycles. The molecule has 1 atom stereocenters. The summed E-state index contributed by atoms with van der Waals surface area (Å²) in [4.78, 5) is 12.3. The molecule has 4 heteroatoms. The average molecular weight is 278 g/mol. The topological polar surface area (TPSA) is 41.1 Å². The smallest absolute Gasteiger partial charge is 0.253 e. The molecule has 1 fully saturated rings. The molecule has 0 bridgehead atoms. The Bertz CT molecular complexity index is 467. The monoisotopic (exact) mass is 278 g/mol. The molecule has 0 aromatic heterocycles. The zero-order valence-electron chi connectivity index (χ0n) is 11.9. The number of anilines is 1. The van der Waals surface area contributed by atoms with Gasteiger partial charge < -0.3 is 10.6 Å². The highest BCUT2D eigenvalue weighted by Crippen LogP contribution is 2.37. The Hall–Kier alpha value is -1.16. The fourth-order valence-corrected chi connectivity index (χ4v) is 3.65. The fourth-order valence-electron chi connectivity index (χ4n) is 2.40. The predicted octanol–water partition coefficient (Wildman–Crippen LogP) is 3.05. The minimum absolute atomic E-state index is 0.0121. The van der Waals surface area contributed by atoms with Crippen molar-refractivity contribution in [2.24, 2.45) is 0 Å². The van der Waals surface area contributed by atoms with E-state index in [9.17, 15) is 4.79 Å². The van der Waals surface area contributed by atoms with Crippen LogP contribution in [0.1, 0.15) is 35.7 Å². The van der Waals surface area contributed by atoms with Crippen LogP contribution in [0.15, 0.2) is 18.2 Å². The van der Waals surface area contributed by atoms with E-state index in [1.54, 1.807) is 0 Å². The molecule has 0 saturated carbocycles. The molecule has 1 unspecified atom stereocenters. The van der Waals surface area contributed by atoms with E-state index >= 15 is 0 Å². The molecule has 1 heterocycles. The molecular weight excluding hydrogens is 256 g/mol. The van der Waals surface area contributed by atoms with E-state index in [0.717, 1.165) is 23.4 Å². The summed E-state index contributed by atoms with van der Waals surface area (Å²) in [5.41, 5.74) is 2.76. The molecule has 1 aliphatic rings. The van der Waals surface area contributed by atoms with Crippen LogP contribution < -0.4 is 10.6 Å². The van der Waals surface area contributed by atoms with Crippen LogP contribution in [0.3, 0.4) is 0 Å². The predicted molar refractivity (Wildman–Crippen MR) is 83.2 cm³/mol. The van der Waals surface area contributed by atoms with Crippen molar-refractivity contribution in [3.63, 3.8) is 0 Å². The van der Waals surface area contributed by atoms with Crippen LogP contribution in [0.5, 0.6) is 0 Å². The first-order chi connectivity index (χ1) is 9.04. The third kappa shape index (κ3) is 3.44. The Morgan fingerprint density at radius 1 is 1.47 bits per heavy atom. The van der Waals surface area contributed by atoms with Gasteiger partial charge in [0.1, 0.15) is 0 Å². The second-order valence-corrected chi connectivity index (χ2v) is 7.07. The largest absolute Gasteiger partial charge is 0.387 e. The highest BCUT2D eigenvalue weighted by atomic mass is 32.2. The lowest BCUT2D eigenvalue weighted by Crippen LogP contribution is -2.37. The van der Waals surface area contributed by atoms with Gasteiger partial charge in [0.05, 0.1) is 5.56 Å². The zero-order chi connectivity index (χ0) is 13.9. The lowest BCUT2D eigenvalue weighted by Gasteiger charge is -2.23. The van der Waals surface area contributed by atoms with E-state index in [1.807, 2.05) is 43.9 Å². The van der Waals surface area contributed by atoms with Crippen molar-refractivity contribution in [3.8, 4) is 0 Å². The second-order valence-electron chi connectivity index (χ2n) is 5.38. The highest BCUT2D eigenvalue weighted by Gasteiger charge is 2.30. The SMILES string of the molecule is CNc1cc(C)ccc1C(=O)NCC1(C)CCCS1. The van der Waals surface area contributed by atoms with Crippen LogP contribution in [0.25, 0.3) is 0 Å². The van der Waals surface area contributed by atoms with Gasteiger partial charge in [-0.25, -0.2) is 0 Å². The molecule has 2 N–H and O–H groups in total. The lowest BCUT2D eigenvalue weighted by atomic mass is 10.0. The molecule has 3 nitrogen and oxygen atoms in total. The second kappa shape index (κ2) is 5.87. The third-order valence-corrected chi connectivity index (χ3v) is 5.15. The van der Waals surface area contributed by atoms with Gasteiger partial charge in [0.15, 0.2) is 0 Å². The van der Waals surface area contributed by atoms with Gasteiger partial charge in [-0.3, -0.25) is 4.79 Å². The molecule has 1 amide bonds. The van der Waals surface area contributed by atoms with Crippen molar-refractivity contribution in [2.45, 2.75) is 31.4 Å². The van der Waals surface area contributed by atoms with Gasteiger partial charge >= 0.3 is 0 Å². The van der Waals surface area contributed by atoms with Gasteiger partial charge in [-0.2, -0.15) is 11.8 Å². The number of aryl methyl sites for hydroxylation is 1. The average Bonchev–Trinajstić information content (AvgIpc) is 2.83. The van der Waals surface area contributed by atoms with Crippen molar-refractivity contribution in [1.29, 1.82) is 0 Å². The van der Waals surface area contributed by atoms with E-state index in [0.29, 0.717) is 0 Å². The van der Waals surface area contributed by atoms with Crippen LogP contribution in [0.2, 0.25) is 0 Å². The van der Waals surface area contributed by atoms with E-state index < -0.39 is 0 Å². The van der Waals surface area contributed by atoms with Crippen LogP contribution >= 0.6 is 11.8 Å². The molecule has 1 aromatic rings. The Balaban J connectivity index is 2.03. The molecule has 19 heavy (non-hydrogen) atoms. The fraction of sp³-hybridized carbons (Fsp3) is 0.533. The first kappa shape index (κ1) is 14.3. The highest BCUT2D eigenvalue weighted by molar-refractivity contribution is 8.00. The van der Waals surface area contributed by atoms with Gasteiger partial charge in [-0.15, -0.1) is 0 Å². The summed E-state index contributed by atoms with van der Waals surface area (Å²) in [6, 6.07) is 5.86. The van der Waals surface area contributed by atoms with Crippen LogP contribution in [0.4, 0.5) is 5.69 Å². The van der Waals surface area contributed by atoms with Crippen LogP contribution in [0, 0.1) is 6.92 Å². The van der Waals surface area contributed by atoms with E-state index in [2.05, 4.69) is 17.6 Å². The van der Waals surface area contributed by atoms with Gasteiger partial charge in [0, 0.05) is 24.0 Å². The Morgan fingerprint density at radius 2 is 2.26 bits per heavy atom. The molecule has 0 aliphatic carbocycles.